The maximum absolute atomic E-state index is 4.39. The molecule has 0 saturated heterocycles. The lowest BCUT2D eigenvalue weighted by Crippen LogP contribution is -1.93. The van der Waals surface area contributed by atoms with Crippen LogP contribution in [0.15, 0.2) is 4.99 Å². The van der Waals surface area contributed by atoms with Gasteiger partial charge in [0.2, 0.25) is 0 Å². The monoisotopic (exact) mass is 125 g/mol. The highest BCUT2D eigenvalue weighted by atomic mass is 14.7. The largest absolute Gasteiger partial charge is 0.294 e. The number of aliphatic imine (C=N–C) groups is 1. The Hall–Kier alpha value is -0.330. The summed E-state index contributed by atoms with van der Waals surface area (Å²) in [6, 6.07) is 0. The smallest absolute Gasteiger partial charge is 0.0391 e. The van der Waals surface area contributed by atoms with E-state index in [1.165, 1.54) is 25.0 Å². The quantitative estimate of drug-likeness (QED) is 0.471. The van der Waals surface area contributed by atoms with E-state index in [0.717, 1.165) is 12.5 Å². The summed E-state index contributed by atoms with van der Waals surface area (Å²) in [5.74, 6) is 0.895. The van der Waals surface area contributed by atoms with Crippen molar-refractivity contribution >= 4 is 5.71 Å². The lowest BCUT2D eigenvalue weighted by atomic mass is 10.0. The maximum atomic E-state index is 4.39. The summed E-state index contributed by atoms with van der Waals surface area (Å²) in [7, 11) is 0. The second kappa shape index (κ2) is 3.00. The third-order valence-corrected chi connectivity index (χ3v) is 2.00. The number of hydrogen-bond acceptors (Lipinski definition) is 1. The molecule has 0 aromatic heterocycles. The van der Waals surface area contributed by atoms with Crippen LogP contribution in [0, 0.1) is 5.92 Å². The van der Waals surface area contributed by atoms with E-state index in [9.17, 15) is 0 Å². The molecule has 1 aliphatic rings. The van der Waals surface area contributed by atoms with Crippen molar-refractivity contribution < 1.29 is 0 Å². The maximum Gasteiger partial charge on any atom is 0.0391 e. The number of nitrogens with zero attached hydrogens (tertiary/aromatic N) is 1. The molecule has 0 radical (unpaired) electrons. The fraction of sp³-hybridized carbons (Fsp3) is 0.875. The first-order valence-corrected chi connectivity index (χ1v) is 3.79. The third-order valence-electron chi connectivity index (χ3n) is 2.00. The molecule has 1 heterocycles. The van der Waals surface area contributed by atoms with E-state index >= 15 is 0 Å². The van der Waals surface area contributed by atoms with E-state index in [2.05, 4.69) is 18.8 Å². The zero-order chi connectivity index (χ0) is 6.69. The van der Waals surface area contributed by atoms with Crippen LogP contribution in [0.4, 0.5) is 0 Å². The van der Waals surface area contributed by atoms with Crippen molar-refractivity contribution in [2.75, 3.05) is 6.54 Å². The highest BCUT2D eigenvalue weighted by molar-refractivity contribution is 5.81. The first-order valence-electron chi connectivity index (χ1n) is 3.79. The molecule has 0 bridgehead atoms. The lowest BCUT2D eigenvalue weighted by Gasteiger charge is -2.02. The second-order valence-electron chi connectivity index (χ2n) is 3.05. The van der Waals surface area contributed by atoms with Gasteiger partial charge in [0.25, 0.3) is 0 Å². The summed E-state index contributed by atoms with van der Waals surface area (Å²) in [4.78, 5) is 4.39. The Morgan fingerprint density at radius 2 is 2.22 bits per heavy atom. The summed E-state index contributed by atoms with van der Waals surface area (Å²) < 4.78 is 0. The van der Waals surface area contributed by atoms with Gasteiger partial charge in [0.1, 0.15) is 0 Å². The predicted octanol–water partition coefficient (Wildman–Crippen LogP) is 2.27. The summed E-state index contributed by atoms with van der Waals surface area (Å²) in [5.41, 5.74) is 1.35. The Balaban J connectivity index is 2.39. The lowest BCUT2D eigenvalue weighted by molar-refractivity contribution is 0.523. The molecule has 0 aromatic carbocycles. The zero-order valence-electron chi connectivity index (χ0n) is 6.35. The Morgan fingerprint density at radius 1 is 1.44 bits per heavy atom. The van der Waals surface area contributed by atoms with Crippen LogP contribution >= 0.6 is 0 Å². The molecule has 1 atom stereocenters. The van der Waals surface area contributed by atoms with Gasteiger partial charge in [0.05, 0.1) is 0 Å². The fourth-order valence-corrected chi connectivity index (χ4v) is 1.15. The van der Waals surface area contributed by atoms with E-state index in [4.69, 9.17) is 0 Å². The molecule has 0 N–H and O–H groups in total. The molecule has 1 heteroatoms. The van der Waals surface area contributed by atoms with Gasteiger partial charge in [-0.1, -0.05) is 6.92 Å². The van der Waals surface area contributed by atoms with Gasteiger partial charge in [0.15, 0.2) is 0 Å². The van der Waals surface area contributed by atoms with Crippen LogP contribution in [-0.2, 0) is 0 Å². The Kier molecular flexibility index (Phi) is 2.26. The van der Waals surface area contributed by atoms with E-state index in [0.29, 0.717) is 0 Å². The highest BCUT2D eigenvalue weighted by Gasteiger charge is 2.05. The minimum Gasteiger partial charge on any atom is -0.294 e. The molecule has 0 saturated carbocycles. The number of hydrogen-bond donors (Lipinski definition) is 0. The molecule has 1 nitrogen and oxygen atoms in total. The van der Waals surface area contributed by atoms with Gasteiger partial charge >= 0.3 is 0 Å². The summed E-state index contributed by atoms with van der Waals surface area (Å²) in [5, 5.41) is 0. The van der Waals surface area contributed by atoms with Gasteiger partial charge in [0, 0.05) is 12.3 Å². The first-order chi connectivity index (χ1) is 4.29. The van der Waals surface area contributed by atoms with Gasteiger partial charge in [-0.05, 0) is 32.1 Å². The average Bonchev–Trinajstić information content (AvgIpc) is 1.97. The fourth-order valence-electron chi connectivity index (χ4n) is 1.15. The molecule has 1 aliphatic heterocycles. The van der Waals surface area contributed by atoms with Crippen molar-refractivity contribution in [1.29, 1.82) is 0 Å². The molecule has 0 aliphatic carbocycles. The molecule has 1 unspecified atom stereocenters. The molecule has 1 rings (SSSR count). The van der Waals surface area contributed by atoms with Crippen LogP contribution in [0.1, 0.15) is 33.1 Å². The predicted molar refractivity (Wildman–Crippen MR) is 41.0 cm³/mol. The topological polar surface area (TPSA) is 12.4 Å². The van der Waals surface area contributed by atoms with Crippen molar-refractivity contribution in [2.45, 2.75) is 33.1 Å². The molecular formula is C8H15N. The number of rotatable bonds is 0. The van der Waals surface area contributed by atoms with Gasteiger partial charge in [-0.2, -0.15) is 0 Å². The highest BCUT2D eigenvalue weighted by Crippen LogP contribution is 2.14. The van der Waals surface area contributed by atoms with Crippen LogP contribution in [0.5, 0.6) is 0 Å². The van der Waals surface area contributed by atoms with Gasteiger partial charge in [-0.3, -0.25) is 4.99 Å². The van der Waals surface area contributed by atoms with Crippen molar-refractivity contribution in [3.63, 3.8) is 0 Å². The minimum atomic E-state index is 0.895. The average molecular weight is 125 g/mol. The Labute approximate surface area is 57.2 Å². The Morgan fingerprint density at radius 3 is 3.00 bits per heavy atom. The Bertz CT molecular complexity index is 116. The summed E-state index contributed by atoms with van der Waals surface area (Å²) in [6.07, 6.45) is 3.86. The van der Waals surface area contributed by atoms with Crippen molar-refractivity contribution in [3.05, 3.63) is 0 Å². The molecule has 0 fully saturated rings. The molecule has 0 spiro atoms. The van der Waals surface area contributed by atoms with E-state index in [1.807, 2.05) is 0 Å². The van der Waals surface area contributed by atoms with Crippen LogP contribution < -0.4 is 0 Å². The minimum absolute atomic E-state index is 0.895. The molecule has 9 heavy (non-hydrogen) atoms. The first kappa shape index (κ1) is 6.79. The van der Waals surface area contributed by atoms with Gasteiger partial charge < -0.3 is 0 Å². The SMILES string of the molecule is CC1=NCCC(C)CC1. The van der Waals surface area contributed by atoms with Crippen LogP contribution in [0.2, 0.25) is 0 Å². The summed E-state index contributed by atoms with van der Waals surface area (Å²) >= 11 is 0. The van der Waals surface area contributed by atoms with Crippen molar-refractivity contribution in [2.24, 2.45) is 10.9 Å². The summed E-state index contributed by atoms with van der Waals surface area (Å²) in [6.45, 7) is 5.51. The van der Waals surface area contributed by atoms with Crippen LogP contribution in [0.3, 0.4) is 0 Å². The standard InChI is InChI=1S/C8H15N/c1-7-3-4-8(2)9-6-5-7/h7H,3-6H2,1-2H3. The van der Waals surface area contributed by atoms with Gasteiger partial charge in [-0.25, -0.2) is 0 Å². The van der Waals surface area contributed by atoms with Crippen LogP contribution in [-0.4, -0.2) is 12.3 Å². The molecule has 52 valence electrons. The molecular weight excluding hydrogens is 110 g/mol. The van der Waals surface area contributed by atoms with E-state index < -0.39 is 0 Å². The zero-order valence-corrected chi connectivity index (χ0v) is 6.35. The van der Waals surface area contributed by atoms with E-state index in [-0.39, 0.29) is 0 Å². The molecule has 0 amide bonds. The second-order valence-corrected chi connectivity index (χ2v) is 3.05. The van der Waals surface area contributed by atoms with Crippen molar-refractivity contribution in [1.82, 2.24) is 0 Å². The van der Waals surface area contributed by atoms with Crippen LogP contribution in [0.25, 0.3) is 0 Å². The normalized spacial score (nSPS) is 29.1. The van der Waals surface area contributed by atoms with Gasteiger partial charge in [-0.15, -0.1) is 0 Å². The van der Waals surface area contributed by atoms with Crippen molar-refractivity contribution in [3.8, 4) is 0 Å². The third kappa shape index (κ3) is 2.17. The molecule has 0 aromatic rings. The van der Waals surface area contributed by atoms with E-state index in [1.54, 1.807) is 0 Å².